The standard InChI is InChI=1S/C24H27N7O/c1-17-6-8-19(9-7-17)27-23-28-22(29-24(30-23)31-12-14-32-15-13-31)25-11-10-18-16-26-21-5-3-2-4-20(18)21/h2-9,16,26H,10-15H2,1H3,(H2,25,27,28,29,30). The number of nitrogens with zero attached hydrogens (tertiary/aromatic N) is 4. The topological polar surface area (TPSA) is 91.0 Å². The first kappa shape index (κ1) is 20.3. The molecule has 1 aliphatic rings. The van der Waals surface area contributed by atoms with Crippen LogP contribution in [0.1, 0.15) is 11.1 Å². The minimum Gasteiger partial charge on any atom is -0.378 e. The van der Waals surface area contributed by atoms with Crippen molar-refractivity contribution >= 4 is 34.4 Å². The molecule has 1 fully saturated rings. The number of para-hydroxylation sites is 1. The molecule has 2 aromatic heterocycles. The fourth-order valence-electron chi connectivity index (χ4n) is 3.82. The van der Waals surface area contributed by atoms with Crippen molar-refractivity contribution in [2.75, 3.05) is 48.4 Å². The van der Waals surface area contributed by atoms with Crippen molar-refractivity contribution in [2.45, 2.75) is 13.3 Å². The predicted octanol–water partition coefficient (Wildman–Crippen LogP) is 3.90. The molecule has 1 aliphatic heterocycles. The molecule has 164 valence electrons. The Morgan fingerprint density at radius 2 is 1.75 bits per heavy atom. The number of aromatic nitrogens is 4. The minimum atomic E-state index is 0.528. The van der Waals surface area contributed by atoms with E-state index in [9.17, 15) is 0 Å². The maximum atomic E-state index is 5.48. The second kappa shape index (κ2) is 9.23. The Bertz CT molecular complexity index is 1180. The van der Waals surface area contributed by atoms with Crippen molar-refractivity contribution in [2.24, 2.45) is 0 Å². The van der Waals surface area contributed by atoms with E-state index in [2.05, 4.69) is 78.9 Å². The molecular weight excluding hydrogens is 402 g/mol. The van der Waals surface area contributed by atoms with E-state index in [1.807, 2.05) is 18.2 Å². The van der Waals surface area contributed by atoms with Gasteiger partial charge in [0.2, 0.25) is 17.8 Å². The molecule has 5 rings (SSSR count). The zero-order valence-corrected chi connectivity index (χ0v) is 18.1. The summed E-state index contributed by atoms with van der Waals surface area (Å²) >= 11 is 0. The van der Waals surface area contributed by atoms with Gasteiger partial charge in [-0.25, -0.2) is 0 Å². The average Bonchev–Trinajstić information content (AvgIpc) is 3.24. The van der Waals surface area contributed by atoms with Crippen molar-refractivity contribution in [1.29, 1.82) is 0 Å². The monoisotopic (exact) mass is 429 g/mol. The van der Waals surface area contributed by atoms with Crippen LogP contribution in [0, 0.1) is 6.92 Å². The first-order chi connectivity index (χ1) is 15.7. The van der Waals surface area contributed by atoms with Crippen LogP contribution >= 0.6 is 0 Å². The van der Waals surface area contributed by atoms with Crippen LogP contribution in [0.4, 0.5) is 23.5 Å². The molecule has 0 saturated carbocycles. The SMILES string of the molecule is Cc1ccc(Nc2nc(NCCc3c[nH]c4ccccc34)nc(N3CCOCC3)n2)cc1. The number of benzene rings is 2. The van der Waals surface area contributed by atoms with E-state index in [-0.39, 0.29) is 0 Å². The van der Waals surface area contributed by atoms with Gasteiger partial charge in [-0.3, -0.25) is 0 Å². The van der Waals surface area contributed by atoms with Crippen LogP contribution in [0.15, 0.2) is 54.7 Å². The van der Waals surface area contributed by atoms with Gasteiger partial charge in [-0.2, -0.15) is 15.0 Å². The van der Waals surface area contributed by atoms with E-state index in [0.29, 0.717) is 31.1 Å². The van der Waals surface area contributed by atoms with Gasteiger partial charge in [0, 0.05) is 42.4 Å². The first-order valence-electron chi connectivity index (χ1n) is 11.0. The minimum absolute atomic E-state index is 0.528. The van der Waals surface area contributed by atoms with Crippen LogP contribution in [0.5, 0.6) is 0 Å². The molecule has 1 saturated heterocycles. The van der Waals surface area contributed by atoms with E-state index in [1.165, 1.54) is 16.5 Å². The van der Waals surface area contributed by atoms with E-state index in [1.54, 1.807) is 0 Å². The number of aryl methyl sites for hydroxylation is 1. The Morgan fingerprint density at radius 3 is 2.59 bits per heavy atom. The Morgan fingerprint density at radius 1 is 0.969 bits per heavy atom. The van der Waals surface area contributed by atoms with Gasteiger partial charge in [0.1, 0.15) is 0 Å². The summed E-state index contributed by atoms with van der Waals surface area (Å²) in [6.07, 6.45) is 2.94. The normalized spacial score (nSPS) is 14.0. The maximum absolute atomic E-state index is 5.48. The average molecular weight is 430 g/mol. The van der Waals surface area contributed by atoms with Crippen LogP contribution in [0.25, 0.3) is 10.9 Å². The number of morpholine rings is 1. The number of rotatable bonds is 7. The molecule has 8 nitrogen and oxygen atoms in total. The molecule has 0 spiro atoms. The molecule has 0 atom stereocenters. The lowest BCUT2D eigenvalue weighted by Crippen LogP contribution is -2.37. The van der Waals surface area contributed by atoms with E-state index in [4.69, 9.17) is 4.74 Å². The van der Waals surface area contributed by atoms with Gasteiger partial charge in [-0.1, -0.05) is 35.9 Å². The third kappa shape index (κ3) is 4.65. The number of aromatic amines is 1. The lowest BCUT2D eigenvalue weighted by atomic mass is 10.1. The zero-order valence-electron chi connectivity index (χ0n) is 18.1. The Balaban J connectivity index is 1.34. The molecule has 2 aromatic carbocycles. The number of nitrogens with one attached hydrogen (secondary N) is 3. The van der Waals surface area contributed by atoms with Crippen LogP contribution in [0.3, 0.4) is 0 Å². The number of H-pyrrole nitrogens is 1. The number of hydrogen-bond acceptors (Lipinski definition) is 7. The number of fused-ring (bicyclic) bond motifs is 1. The maximum Gasteiger partial charge on any atom is 0.233 e. The molecule has 32 heavy (non-hydrogen) atoms. The molecule has 3 N–H and O–H groups in total. The van der Waals surface area contributed by atoms with Gasteiger partial charge in [-0.15, -0.1) is 0 Å². The summed E-state index contributed by atoms with van der Waals surface area (Å²) in [7, 11) is 0. The second-order valence-electron chi connectivity index (χ2n) is 7.91. The van der Waals surface area contributed by atoms with Gasteiger partial charge in [0.25, 0.3) is 0 Å². The Hall–Kier alpha value is -3.65. The molecule has 0 bridgehead atoms. The molecule has 0 radical (unpaired) electrons. The van der Waals surface area contributed by atoms with Crippen LogP contribution < -0.4 is 15.5 Å². The highest BCUT2D eigenvalue weighted by Gasteiger charge is 2.17. The molecule has 0 unspecified atom stereocenters. The fraction of sp³-hybridized carbons (Fsp3) is 0.292. The highest BCUT2D eigenvalue weighted by molar-refractivity contribution is 5.83. The molecular formula is C24H27N7O. The predicted molar refractivity (Wildman–Crippen MR) is 128 cm³/mol. The zero-order chi connectivity index (χ0) is 21.8. The van der Waals surface area contributed by atoms with E-state index < -0.39 is 0 Å². The van der Waals surface area contributed by atoms with E-state index in [0.717, 1.165) is 37.3 Å². The van der Waals surface area contributed by atoms with Gasteiger partial charge in [-0.05, 0) is 37.1 Å². The number of anilines is 4. The van der Waals surface area contributed by atoms with Crippen molar-refractivity contribution in [1.82, 2.24) is 19.9 Å². The van der Waals surface area contributed by atoms with Gasteiger partial charge < -0.3 is 25.3 Å². The summed E-state index contributed by atoms with van der Waals surface area (Å²) in [4.78, 5) is 19.4. The summed E-state index contributed by atoms with van der Waals surface area (Å²) in [5.74, 6) is 1.75. The first-order valence-corrected chi connectivity index (χ1v) is 11.0. The van der Waals surface area contributed by atoms with Crippen molar-refractivity contribution in [3.05, 3.63) is 65.9 Å². The van der Waals surface area contributed by atoms with Crippen molar-refractivity contribution in [3.8, 4) is 0 Å². The highest BCUT2D eigenvalue weighted by atomic mass is 16.5. The lowest BCUT2D eigenvalue weighted by molar-refractivity contribution is 0.122. The smallest absolute Gasteiger partial charge is 0.233 e. The van der Waals surface area contributed by atoms with Crippen molar-refractivity contribution < 1.29 is 4.74 Å². The van der Waals surface area contributed by atoms with Crippen LogP contribution in [-0.4, -0.2) is 52.8 Å². The molecule has 0 aliphatic carbocycles. The van der Waals surface area contributed by atoms with Crippen LogP contribution in [-0.2, 0) is 11.2 Å². The number of ether oxygens (including phenoxy) is 1. The quantitative estimate of drug-likeness (QED) is 0.410. The molecule has 3 heterocycles. The van der Waals surface area contributed by atoms with Gasteiger partial charge >= 0.3 is 0 Å². The molecule has 8 heteroatoms. The lowest BCUT2D eigenvalue weighted by Gasteiger charge is -2.27. The summed E-state index contributed by atoms with van der Waals surface area (Å²) in [5, 5.41) is 7.95. The Kier molecular flexibility index (Phi) is 5.85. The summed E-state index contributed by atoms with van der Waals surface area (Å²) in [5.41, 5.74) is 4.58. The third-order valence-electron chi connectivity index (χ3n) is 5.58. The largest absolute Gasteiger partial charge is 0.378 e. The summed E-state index contributed by atoms with van der Waals surface area (Å²) in [6.45, 7) is 5.67. The Labute approximate surface area is 187 Å². The highest BCUT2D eigenvalue weighted by Crippen LogP contribution is 2.20. The van der Waals surface area contributed by atoms with Crippen LogP contribution in [0.2, 0.25) is 0 Å². The third-order valence-corrected chi connectivity index (χ3v) is 5.58. The van der Waals surface area contributed by atoms with E-state index >= 15 is 0 Å². The fourth-order valence-corrected chi connectivity index (χ4v) is 3.82. The molecule has 4 aromatic rings. The molecule has 0 amide bonds. The van der Waals surface area contributed by atoms with Gasteiger partial charge in [0.15, 0.2) is 0 Å². The van der Waals surface area contributed by atoms with Crippen molar-refractivity contribution in [3.63, 3.8) is 0 Å². The summed E-state index contributed by atoms with van der Waals surface area (Å²) in [6, 6.07) is 16.5. The van der Waals surface area contributed by atoms with Gasteiger partial charge in [0.05, 0.1) is 13.2 Å². The summed E-state index contributed by atoms with van der Waals surface area (Å²) < 4.78 is 5.48. The second-order valence-corrected chi connectivity index (χ2v) is 7.91. The number of hydrogen-bond donors (Lipinski definition) is 3.